The number of aryl methyl sites for hydroxylation is 1. The third kappa shape index (κ3) is 4.96. The molecule has 252 valence electrons. The van der Waals surface area contributed by atoms with Crippen LogP contribution in [-0.2, 0) is 11.2 Å². The average Bonchev–Trinajstić information content (AvgIpc) is 3.71. The second-order valence-electron chi connectivity index (χ2n) is 13.6. The maximum absolute atomic E-state index is 17.0. The van der Waals surface area contributed by atoms with Crippen LogP contribution in [0.4, 0.5) is 28.2 Å². The van der Waals surface area contributed by atoms with Crippen molar-refractivity contribution in [1.29, 1.82) is 0 Å². The molecule has 4 saturated heterocycles. The van der Waals surface area contributed by atoms with Gasteiger partial charge in [0.15, 0.2) is 5.82 Å². The number of hydrogen-bond acceptors (Lipinski definition) is 8. The molecule has 0 radical (unpaired) electrons. The molecule has 4 aliphatic heterocycles. The number of nitrogens with one attached hydrogen (secondary N) is 1. The molecule has 4 aromatic rings. The molecule has 2 N–H and O–H groups in total. The van der Waals surface area contributed by atoms with Gasteiger partial charge in [0, 0.05) is 24.9 Å². The van der Waals surface area contributed by atoms with Crippen LogP contribution in [0.5, 0.6) is 11.8 Å². The highest BCUT2D eigenvalue weighted by atomic mass is 19.1. The zero-order valence-corrected chi connectivity index (χ0v) is 26.4. The molecule has 9 nitrogen and oxygen atoms in total. The Morgan fingerprint density at radius 1 is 1.10 bits per heavy atom. The lowest BCUT2D eigenvalue weighted by Crippen LogP contribution is -2.51. The molecule has 8 rings (SSSR count). The zero-order valence-electron chi connectivity index (χ0n) is 26.4. The number of aromatic nitrogens is 2. The van der Waals surface area contributed by atoms with E-state index in [9.17, 15) is 14.3 Å². The maximum Gasteiger partial charge on any atom is 0.407 e. The van der Waals surface area contributed by atoms with Gasteiger partial charge in [-0.25, -0.2) is 22.4 Å². The van der Waals surface area contributed by atoms with E-state index in [1.54, 1.807) is 6.92 Å². The number of amides is 1. The average molecular weight is 666 g/mol. The molecular formula is C35H35F4N5O4. The summed E-state index contributed by atoms with van der Waals surface area (Å²) in [6.07, 6.45) is 1.92. The van der Waals surface area contributed by atoms with E-state index in [4.69, 9.17) is 9.47 Å². The lowest BCUT2D eigenvalue weighted by molar-refractivity contribution is 0.0445. The van der Waals surface area contributed by atoms with Crippen LogP contribution >= 0.6 is 0 Å². The summed E-state index contributed by atoms with van der Waals surface area (Å²) in [6, 6.07) is 6.38. The normalized spacial score (nSPS) is 25.6. The van der Waals surface area contributed by atoms with Crippen LogP contribution in [0.1, 0.15) is 44.6 Å². The summed E-state index contributed by atoms with van der Waals surface area (Å²) in [6.45, 7) is 3.89. The van der Waals surface area contributed by atoms with E-state index in [-0.39, 0.29) is 71.1 Å². The number of halogens is 4. The van der Waals surface area contributed by atoms with Gasteiger partial charge in [0.25, 0.3) is 0 Å². The fraction of sp³-hybridized carbons (Fsp3) is 0.457. The molecule has 1 amide bonds. The van der Waals surface area contributed by atoms with Crippen LogP contribution in [0.3, 0.4) is 0 Å². The van der Waals surface area contributed by atoms with Crippen molar-refractivity contribution in [2.45, 2.75) is 62.8 Å². The molecule has 48 heavy (non-hydrogen) atoms. The first kappa shape index (κ1) is 30.9. The number of phenols is 1. The molecule has 0 saturated carbocycles. The van der Waals surface area contributed by atoms with E-state index in [1.165, 1.54) is 24.3 Å². The second kappa shape index (κ2) is 11.4. The molecule has 3 atom stereocenters. The lowest BCUT2D eigenvalue weighted by atomic mass is 9.91. The number of ether oxygens (including phenoxy) is 2. The highest BCUT2D eigenvalue weighted by Gasteiger charge is 2.49. The Labute approximate surface area is 273 Å². The molecular weight excluding hydrogens is 630 g/mol. The first-order chi connectivity index (χ1) is 23.1. The summed E-state index contributed by atoms with van der Waals surface area (Å²) < 4.78 is 74.7. The minimum absolute atomic E-state index is 0.0119. The van der Waals surface area contributed by atoms with Gasteiger partial charge >= 0.3 is 12.1 Å². The van der Waals surface area contributed by atoms with Crippen molar-refractivity contribution in [3.63, 3.8) is 0 Å². The Kier molecular flexibility index (Phi) is 7.31. The second-order valence-corrected chi connectivity index (χ2v) is 13.6. The van der Waals surface area contributed by atoms with E-state index in [0.717, 1.165) is 25.5 Å². The van der Waals surface area contributed by atoms with Gasteiger partial charge in [0.05, 0.1) is 24.2 Å². The van der Waals surface area contributed by atoms with Crippen molar-refractivity contribution in [1.82, 2.24) is 20.2 Å². The van der Waals surface area contributed by atoms with Gasteiger partial charge in [-0.3, -0.25) is 4.90 Å². The number of aromatic hydroxyl groups is 1. The van der Waals surface area contributed by atoms with E-state index >= 15 is 13.2 Å². The van der Waals surface area contributed by atoms with Gasteiger partial charge in [-0.15, -0.1) is 0 Å². The third-order valence-corrected chi connectivity index (χ3v) is 10.6. The number of anilines is 1. The Bertz CT molecular complexity index is 1980. The summed E-state index contributed by atoms with van der Waals surface area (Å²) in [7, 11) is 0. The topological polar surface area (TPSA) is 100 Å². The Balaban J connectivity index is 1.29. The predicted molar refractivity (Wildman–Crippen MR) is 171 cm³/mol. The molecule has 3 aromatic carbocycles. The zero-order chi connectivity index (χ0) is 33.4. The van der Waals surface area contributed by atoms with E-state index < -0.39 is 46.4 Å². The SMILES string of the molecule is CCc1c(F)ccc2cc(O)cc(-c3c(F)cc4c(N5CCC[C@@]6(CNC(=O)O6)C5)nc(OC[C@@]56CCCN5C[C@H](F)C6)nc4c3F)c12. The van der Waals surface area contributed by atoms with Crippen LogP contribution < -0.4 is 15.0 Å². The molecule has 1 aromatic heterocycles. The maximum atomic E-state index is 17.0. The van der Waals surface area contributed by atoms with Crippen molar-refractivity contribution in [2.24, 2.45) is 0 Å². The van der Waals surface area contributed by atoms with Gasteiger partial charge in [0.1, 0.15) is 47.1 Å². The Morgan fingerprint density at radius 3 is 2.73 bits per heavy atom. The highest BCUT2D eigenvalue weighted by molar-refractivity contribution is 6.03. The molecule has 1 spiro atoms. The number of phenolic OH excluding ortho intramolecular Hbond substituents is 1. The fourth-order valence-electron chi connectivity index (χ4n) is 8.41. The number of alkyl carbamates (subject to hydrolysis) is 1. The van der Waals surface area contributed by atoms with Crippen LogP contribution in [0.2, 0.25) is 0 Å². The molecule has 4 aliphatic rings. The van der Waals surface area contributed by atoms with E-state index in [1.807, 2.05) is 4.90 Å². The summed E-state index contributed by atoms with van der Waals surface area (Å²) in [5.41, 5.74) is -1.81. The van der Waals surface area contributed by atoms with Crippen molar-refractivity contribution < 1.29 is 36.9 Å². The van der Waals surface area contributed by atoms with Gasteiger partial charge in [-0.2, -0.15) is 9.97 Å². The van der Waals surface area contributed by atoms with Crippen LogP contribution in [0, 0.1) is 17.5 Å². The van der Waals surface area contributed by atoms with Crippen molar-refractivity contribution in [2.75, 3.05) is 44.2 Å². The van der Waals surface area contributed by atoms with Crippen LogP contribution in [-0.4, -0.2) is 82.7 Å². The third-order valence-electron chi connectivity index (χ3n) is 10.6. The van der Waals surface area contributed by atoms with Crippen LogP contribution in [0.15, 0.2) is 30.3 Å². The number of rotatable bonds is 6. The van der Waals surface area contributed by atoms with Crippen molar-refractivity contribution >= 4 is 33.6 Å². The molecule has 13 heteroatoms. The van der Waals surface area contributed by atoms with E-state index in [0.29, 0.717) is 37.7 Å². The Morgan fingerprint density at radius 2 is 1.94 bits per heavy atom. The summed E-state index contributed by atoms with van der Waals surface area (Å²) in [4.78, 5) is 25.1. The molecule has 5 heterocycles. The first-order valence-corrected chi connectivity index (χ1v) is 16.5. The quantitative estimate of drug-likeness (QED) is 0.236. The van der Waals surface area contributed by atoms with E-state index in [2.05, 4.69) is 20.2 Å². The predicted octanol–water partition coefficient (Wildman–Crippen LogP) is 6.17. The molecule has 4 fully saturated rings. The van der Waals surface area contributed by atoms with Gasteiger partial charge in [-0.05, 0) is 84.8 Å². The first-order valence-electron chi connectivity index (χ1n) is 16.5. The van der Waals surface area contributed by atoms with Crippen LogP contribution in [0.25, 0.3) is 32.8 Å². The van der Waals surface area contributed by atoms with Crippen molar-refractivity contribution in [3.8, 4) is 22.9 Å². The number of fused-ring (bicyclic) bond motifs is 3. The Hall–Kier alpha value is -4.39. The number of piperidine rings is 1. The standard InChI is InChI=1S/C35H35F4N5O4/c1-2-22-25(37)6-5-19-11-21(45)12-23(27(19)22)28-26(38)13-24-30(29(28)39)41-32(47-18-34-7-3-10-44(34)15-20(36)14-34)42-31(24)43-9-4-8-35(17-43)16-40-33(46)48-35/h5-6,11-13,20,45H,2-4,7-10,14-18H2,1H3,(H,40,46)/t20-,34+,35-/m1/s1. The van der Waals surface area contributed by atoms with Gasteiger partial charge in [0.2, 0.25) is 0 Å². The largest absolute Gasteiger partial charge is 0.508 e. The summed E-state index contributed by atoms with van der Waals surface area (Å²) in [5.74, 6) is -2.53. The van der Waals surface area contributed by atoms with Crippen molar-refractivity contribution in [3.05, 3.63) is 53.3 Å². The minimum atomic E-state index is -1.03. The number of benzene rings is 3. The number of nitrogens with zero attached hydrogens (tertiary/aromatic N) is 4. The minimum Gasteiger partial charge on any atom is -0.508 e. The molecule has 0 aliphatic carbocycles. The summed E-state index contributed by atoms with van der Waals surface area (Å²) in [5, 5.41) is 14.1. The van der Waals surface area contributed by atoms with Gasteiger partial charge in [-0.1, -0.05) is 13.0 Å². The smallest absolute Gasteiger partial charge is 0.407 e. The monoisotopic (exact) mass is 665 g/mol. The molecule has 0 unspecified atom stereocenters. The number of carbonyl (C=O) groups excluding carboxylic acids is 1. The molecule has 0 bridgehead atoms. The van der Waals surface area contributed by atoms with Gasteiger partial charge < -0.3 is 24.8 Å². The number of hydrogen-bond donors (Lipinski definition) is 2. The number of alkyl halides is 1. The lowest BCUT2D eigenvalue weighted by Gasteiger charge is -2.39. The fourth-order valence-corrected chi connectivity index (χ4v) is 8.41. The summed E-state index contributed by atoms with van der Waals surface area (Å²) >= 11 is 0. The number of carbonyl (C=O) groups is 1. The highest BCUT2D eigenvalue weighted by Crippen LogP contribution is 2.44.